The Labute approximate surface area is 173 Å². The van der Waals surface area contributed by atoms with Crippen molar-refractivity contribution < 1.29 is 13.9 Å². The van der Waals surface area contributed by atoms with Crippen LogP contribution < -0.4 is 9.64 Å². The molecule has 0 saturated carbocycles. The summed E-state index contributed by atoms with van der Waals surface area (Å²) in [5, 5.41) is 9.66. The lowest BCUT2D eigenvalue weighted by atomic mass is 10.2. The van der Waals surface area contributed by atoms with E-state index in [1.807, 2.05) is 6.92 Å². The number of carbonyl (C=O) groups is 1. The van der Waals surface area contributed by atoms with Crippen LogP contribution in [0.15, 0.2) is 48.5 Å². The molecule has 5 nitrogen and oxygen atoms in total. The van der Waals surface area contributed by atoms with Crippen molar-refractivity contribution in [2.45, 2.75) is 20.3 Å². The van der Waals surface area contributed by atoms with Crippen molar-refractivity contribution in [1.29, 1.82) is 5.26 Å². The van der Waals surface area contributed by atoms with Crippen LogP contribution in [0.5, 0.6) is 5.75 Å². The number of aryl methyl sites for hydroxylation is 1. The van der Waals surface area contributed by atoms with E-state index < -0.39 is 0 Å². The minimum absolute atomic E-state index is 0.210. The lowest BCUT2D eigenvalue weighted by Crippen LogP contribution is -2.31. The molecular weight excluding hydrogens is 389 g/mol. The van der Waals surface area contributed by atoms with Crippen molar-refractivity contribution in [2.75, 3.05) is 18.1 Å². The quantitative estimate of drug-likeness (QED) is 0.537. The number of thiazole rings is 1. The van der Waals surface area contributed by atoms with E-state index in [2.05, 4.69) is 11.1 Å². The van der Waals surface area contributed by atoms with Gasteiger partial charge < -0.3 is 9.64 Å². The van der Waals surface area contributed by atoms with Crippen LogP contribution in [0.3, 0.4) is 0 Å². The van der Waals surface area contributed by atoms with Gasteiger partial charge in [0.25, 0.3) is 5.91 Å². The number of aromatic nitrogens is 1. The summed E-state index contributed by atoms with van der Waals surface area (Å²) in [4.78, 5) is 19.8. The third kappa shape index (κ3) is 4.79. The molecule has 0 unspecified atom stereocenters. The zero-order valence-electron chi connectivity index (χ0n) is 16.2. The molecule has 0 bridgehead atoms. The zero-order chi connectivity index (χ0) is 20.8. The predicted molar refractivity (Wildman–Crippen MR) is 112 cm³/mol. The molecule has 0 N–H and O–H groups in total. The Morgan fingerprint density at radius 2 is 1.90 bits per heavy atom. The molecule has 3 rings (SSSR count). The van der Waals surface area contributed by atoms with Crippen molar-refractivity contribution in [3.63, 3.8) is 0 Å². The van der Waals surface area contributed by atoms with E-state index in [0.29, 0.717) is 27.9 Å². The molecular formula is C22H20FN3O2S. The summed E-state index contributed by atoms with van der Waals surface area (Å²) in [5.74, 6) is 0.181. The molecule has 1 heterocycles. The van der Waals surface area contributed by atoms with Gasteiger partial charge in [0, 0.05) is 17.8 Å². The molecule has 0 aliphatic heterocycles. The summed E-state index contributed by atoms with van der Waals surface area (Å²) in [6.07, 6.45) is 0.210. The molecule has 0 aliphatic rings. The summed E-state index contributed by atoms with van der Waals surface area (Å²) >= 11 is 1.26. The van der Waals surface area contributed by atoms with E-state index in [0.717, 1.165) is 11.3 Å². The molecule has 0 radical (unpaired) electrons. The van der Waals surface area contributed by atoms with E-state index in [9.17, 15) is 9.18 Å². The maximum absolute atomic E-state index is 13.3. The first-order valence-electron chi connectivity index (χ1n) is 9.18. The second kappa shape index (κ2) is 9.30. The van der Waals surface area contributed by atoms with Gasteiger partial charge in [-0.15, -0.1) is 11.3 Å². The highest BCUT2D eigenvalue weighted by molar-refractivity contribution is 7.17. The zero-order valence-corrected chi connectivity index (χ0v) is 17.0. The van der Waals surface area contributed by atoms with Gasteiger partial charge in [-0.2, -0.15) is 5.26 Å². The number of hydrogen-bond acceptors (Lipinski definition) is 5. The van der Waals surface area contributed by atoms with E-state index in [4.69, 9.17) is 10.00 Å². The molecule has 1 aromatic heterocycles. The number of rotatable bonds is 7. The topological polar surface area (TPSA) is 66.2 Å². The van der Waals surface area contributed by atoms with Crippen molar-refractivity contribution in [3.05, 3.63) is 64.9 Å². The standard InChI is InChI=1S/C22H20FN3O2S/c1-3-28-19-11-9-18(10-12-19)26(14-4-13-24)22(27)20-15(2)25-21(29-20)16-5-7-17(23)8-6-16/h5-12H,3-4,14H2,1-2H3. The van der Waals surface area contributed by atoms with Gasteiger partial charge in [-0.3, -0.25) is 4.79 Å². The van der Waals surface area contributed by atoms with Crippen LogP contribution >= 0.6 is 11.3 Å². The number of halogens is 1. The molecule has 0 aliphatic carbocycles. The van der Waals surface area contributed by atoms with Gasteiger partial charge in [-0.25, -0.2) is 9.37 Å². The third-order valence-corrected chi connectivity index (χ3v) is 5.43. The lowest BCUT2D eigenvalue weighted by molar-refractivity contribution is 0.0990. The average Bonchev–Trinajstić information content (AvgIpc) is 3.11. The molecule has 148 valence electrons. The number of carbonyl (C=O) groups excluding carboxylic acids is 1. The monoisotopic (exact) mass is 409 g/mol. The van der Waals surface area contributed by atoms with E-state index in [1.54, 1.807) is 48.2 Å². The second-order valence-electron chi connectivity index (χ2n) is 6.23. The number of anilines is 1. The molecule has 1 amide bonds. The molecule has 3 aromatic rings. The van der Waals surface area contributed by atoms with Gasteiger partial charge in [-0.1, -0.05) is 0 Å². The maximum atomic E-state index is 13.3. The lowest BCUT2D eigenvalue weighted by Gasteiger charge is -2.21. The number of nitriles is 1. The van der Waals surface area contributed by atoms with Gasteiger partial charge in [-0.05, 0) is 62.4 Å². The van der Waals surface area contributed by atoms with Gasteiger partial charge in [0.1, 0.15) is 21.5 Å². The third-order valence-electron chi connectivity index (χ3n) is 4.23. The average molecular weight is 409 g/mol. The van der Waals surface area contributed by atoms with Gasteiger partial charge >= 0.3 is 0 Å². The predicted octanol–water partition coefficient (Wildman–Crippen LogP) is 5.22. The summed E-state index contributed by atoms with van der Waals surface area (Å²) in [5.41, 5.74) is 2.04. The Kier molecular flexibility index (Phi) is 6.57. The van der Waals surface area contributed by atoms with Crippen molar-refractivity contribution in [1.82, 2.24) is 4.98 Å². The normalized spacial score (nSPS) is 10.4. The minimum atomic E-state index is -0.323. The van der Waals surface area contributed by atoms with Crippen molar-refractivity contribution in [3.8, 4) is 22.4 Å². The van der Waals surface area contributed by atoms with Crippen molar-refractivity contribution in [2.24, 2.45) is 0 Å². The fraction of sp³-hybridized carbons (Fsp3) is 0.227. The first-order valence-corrected chi connectivity index (χ1v) is 10.00. The smallest absolute Gasteiger partial charge is 0.270 e. The Bertz CT molecular complexity index is 1020. The van der Waals surface area contributed by atoms with E-state index in [1.165, 1.54) is 23.5 Å². The summed E-state index contributed by atoms with van der Waals surface area (Å²) < 4.78 is 18.6. The fourth-order valence-corrected chi connectivity index (χ4v) is 3.85. The van der Waals surface area contributed by atoms with Crippen LogP contribution in [0.2, 0.25) is 0 Å². The Morgan fingerprint density at radius 1 is 1.21 bits per heavy atom. The molecule has 2 aromatic carbocycles. The highest BCUT2D eigenvalue weighted by atomic mass is 32.1. The molecule has 7 heteroatoms. The van der Waals surface area contributed by atoms with Crippen LogP contribution in [0.25, 0.3) is 10.6 Å². The molecule has 0 atom stereocenters. The first-order chi connectivity index (χ1) is 14.0. The fourth-order valence-electron chi connectivity index (χ4n) is 2.83. The molecule has 0 saturated heterocycles. The highest BCUT2D eigenvalue weighted by Gasteiger charge is 2.23. The Hall–Kier alpha value is -3.24. The van der Waals surface area contributed by atoms with E-state index in [-0.39, 0.29) is 24.7 Å². The van der Waals surface area contributed by atoms with Gasteiger partial charge in [0.05, 0.1) is 24.8 Å². The number of amides is 1. The minimum Gasteiger partial charge on any atom is -0.494 e. The number of ether oxygens (including phenoxy) is 1. The van der Waals surface area contributed by atoms with Crippen LogP contribution in [0.4, 0.5) is 10.1 Å². The van der Waals surface area contributed by atoms with Crippen molar-refractivity contribution >= 4 is 22.9 Å². The number of benzene rings is 2. The Morgan fingerprint density at radius 3 is 2.52 bits per heavy atom. The van der Waals surface area contributed by atoms with Gasteiger partial charge in [0.15, 0.2) is 0 Å². The summed E-state index contributed by atoms with van der Waals surface area (Å²) in [7, 11) is 0. The maximum Gasteiger partial charge on any atom is 0.270 e. The molecule has 0 fully saturated rings. The second-order valence-corrected chi connectivity index (χ2v) is 7.23. The van der Waals surface area contributed by atoms with Gasteiger partial charge in [0.2, 0.25) is 0 Å². The van der Waals surface area contributed by atoms with Crippen LogP contribution in [-0.4, -0.2) is 24.0 Å². The van der Waals surface area contributed by atoms with Crippen LogP contribution in [0.1, 0.15) is 28.7 Å². The first kappa shape index (κ1) is 20.5. The Balaban J connectivity index is 1.91. The summed E-state index contributed by atoms with van der Waals surface area (Å²) in [6.45, 7) is 4.51. The summed E-state index contributed by atoms with van der Waals surface area (Å²) in [6, 6.07) is 15.3. The SMILES string of the molecule is CCOc1ccc(N(CCC#N)C(=O)c2sc(-c3ccc(F)cc3)nc2C)cc1. The molecule has 0 spiro atoms. The van der Waals surface area contributed by atoms with Crippen LogP contribution in [0, 0.1) is 24.1 Å². The molecule has 29 heavy (non-hydrogen) atoms. The number of nitrogens with zero attached hydrogens (tertiary/aromatic N) is 3. The number of hydrogen-bond donors (Lipinski definition) is 0. The highest BCUT2D eigenvalue weighted by Crippen LogP contribution is 2.30. The van der Waals surface area contributed by atoms with Crippen LogP contribution in [-0.2, 0) is 0 Å². The van der Waals surface area contributed by atoms with E-state index >= 15 is 0 Å². The largest absolute Gasteiger partial charge is 0.494 e.